The number of amides is 1. The number of carbonyl (C=O) groups is 2. The Bertz CT molecular complexity index is 555. The molecule has 0 aliphatic heterocycles. The highest BCUT2D eigenvalue weighted by atomic mass is 35.5. The number of aliphatic carboxylic acids is 1. The van der Waals surface area contributed by atoms with Crippen LogP contribution in [0.1, 0.15) is 18.1 Å². The topological polar surface area (TPSA) is 57.6 Å². The van der Waals surface area contributed by atoms with Crippen molar-refractivity contribution < 1.29 is 14.7 Å². The van der Waals surface area contributed by atoms with Gasteiger partial charge in [-0.15, -0.1) is 24.8 Å². The molecule has 0 bridgehead atoms. The van der Waals surface area contributed by atoms with Crippen LogP contribution in [0.15, 0.2) is 43.5 Å². The summed E-state index contributed by atoms with van der Waals surface area (Å²) in [5.74, 6) is -1.82. The minimum atomic E-state index is -1.09. The van der Waals surface area contributed by atoms with Gasteiger partial charge >= 0.3 is 5.97 Å². The molecule has 1 atom stereocenters. The summed E-state index contributed by atoms with van der Waals surface area (Å²) >= 11 is 5.68. The van der Waals surface area contributed by atoms with E-state index in [0.29, 0.717) is 18.5 Å². The molecule has 5 heteroatoms. The maximum Gasteiger partial charge on any atom is 0.326 e. The summed E-state index contributed by atoms with van der Waals surface area (Å²) in [6, 6.07) is 4.57. The molecule has 0 unspecified atom stereocenters. The molecule has 0 saturated heterocycles. The van der Waals surface area contributed by atoms with Gasteiger partial charge in [-0.2, -0.15) is 0 Å². The predicted molar refractivity (Wildman–Crippen MR) is 89.5 cm³/mol. The predicted octanol–water partition coefficient (Wildman–Crippen LogP) is 3.19. The Morgan fingerprint density at radius 2 is 1.77 bits per heavy atom. The molecule has 1 rings (SSSR count). The van der Waals surface area contributed by atoms with Gasteiger partial charge in [-0.1, -0.05) is 30.4 Å². The maximum atomic E-state index is 12.3. The molecular formula is C17H20ClNO3. The molecular weight excluding hydrogens is 302 g/mol. The molecule has 0 radical (unpaired) electrons. The van der Waals surface area contributed by atoms with Crippen LogP contribution in [0.5, 0.6) is 0 Å². The van der Waals surface area contributed by atoms with Crippen LogP contribution in [0.3, 0.4) is 0 Å². The molecule has 1 aromatic carbocycles. The first-order valence-electron chi connectivity index (χ1n) is 6.91. The van der Waals surface area contributed by atoms with Crippen molar-refractivity contribution in [3.63, 3.8) is 0 Å². The smallest absolute Gasteiger partial charge is 0.326 e. The Hall–Kier alpha value is -2.07. The van der Waals surface area contributed by atoms with Gasteiger partial charge in [0, 0.05) is 0 Å². The number of carboxylic acids is 1. The second-order valence-corrected chi connectivity index (χ2v) is 5.09. The minimum Gasteiger partial charge on any atom is -0.480 e. The first-order chi connectivity index (χ1) is 10.5. The summed E-state index contributed by atoms with van der Waals surface area (Å²) < 4.78 is 0. The Morgan fingerprint density at radius 1 is 1.27 bits per heavy atom. The number of hydrogen-bond donors (Lipinski definition) is 1. The fourth-order valence-electron chi connectivity index (χ4n) is 2.30. The van der Waals surface area contributed by atoms with E-state index in [4.69, 9.17) is 11.6 Å². The summed E-state index contributed by atoms with van der Waals surface area (Å²) in [5.41, 5.74) is 2.25. The lowest BCUT2D eigenvalue weighted by atomic mass is 9.99. The Labute approximate surface area is 135 Å². The van der Waals surface area contributed by atoms with Gasteiger partial charge in [-0.25, -0.2) is 4.79 Å². The Balaban J connectivity index is 3.55. The third-order valence-electron chi connectivity index (χ3n) is 3.30. The van der Waals surface area contributed by atoms with E-state index in [-0.39, 0.29) is 5.88 Å². The Morgan fingerprint density at radius 3 is 2.14 bits per heavy atom. The molecule has 1 amide bonds. The third kappa shape index (κ3) is 3.98. The second kappa shape index (κ2) is 8.39. The largest absolute Gasteiger partial charge is 0.480 e. The number of benzene rings is 1. The van der Waals surface area contributed by atoms with Gasteiger partial charge < -0.3 is 5.11 Å². The zero-order chi connectivity index (χ0) is 16.7. The van der Waals surface area contributed by atoms with Gasteiger partial charge in [-0.3, -0.25) is 9.69 Å². The number of carboxylic acid groups (broad SMARTS) is 1. The van der Waals surface area contributed by atoms with E-state index in [2.05, 4.69) is 13.2 Å². The minimum absolute atomic E-state index is 0.284. The normalized spacial score (nSPS) is 11.5. The molecule has 1 aromatic rings. The highest BCUT2D eigenvalue weighted by Gasteiger charge is 2.29. The van der Waals surface area contributed by atoms with Crippen molar-refractivity contribution in [3.05, 3.63) is 54.6 Å². The summed E-state index contributed by atoms with van der Waals surface area (Å²) in [6.07, 6.45) is 4.48. The van der Waals surface area contributed by atoms with E-state index in [1.807, 2.05) is 18.2 Å². The number of para-hydroxylation sites is 1. The van der Waals surface area contributed by atoms with Crippen molar-refractivity contribution in [2.75, 3.05) is 10.8 Å². The van der Waals surface area contributed by atoms with Gasteiger partial charge in [0.05, 0.1) is 5.69 Å². The van der Waals surface area contributed by atoms with E-state index in [9.17, 15) is 14.7 Å². The highest BCUT2D eigenvalue weighted by Crippen LogP contribution is 2.29. The molecule has 0 aliphatic carbocycles. The monoisotopic (exact) mass is 321 g/mol. The number of hydrogen-bond acceptors (Lipinski definition) is 2. The number of allylic oxidation sites excluding steroid dienone is 2. The van der Waals surface area contributed by atoms with Crippen molar-refractivity contribution in [1.29, 1.82) is 0 Å². The van der Waals surface area contributed by atoms with Crippen molar-refractivity contribution >= 4 is 29.2 Å². The van der Waals surface area contributed by atoms with Crippen molar-refractivity contribution in [3.8, 4) is 0 Å². The van der Waals surface area contributed by atoms with E-state index < -0.39 is 17.9 Å². The molecule has 0 fully saturated rings. The molecule has 118 valence electrons. The van der Waals surface area contributed by atoms with Crippen LogP contribution in [0.4, 0.5) is 5.69 Å². The van der Waals surface area contributed by atoms with Crippen LogP contribution in [-0.2, 0) is 22.4 Å². The van der Waals surface area contributed by atoms with E-state index in [0.717, 1.165) is 11.1 Å². The van der Waals surface area contributed by atoms with Gasteiger partial charge in [0.15, 0.2) is 0 Å². The van der Waals surface area contributed by atoms with Gasteiger partial charge in [-0.05, 0) is 30.9 Å². The van der Waals surface area contributed by atoms with Crippen LogP contribution in [0.2, 0.25) is 0 Å². The number of carbonyl (C=O) groups excluding carboxylic acids is 1. The van der Waals surface area contributed by atoms with Crippen molar-refractivity contribution in [2.45, 2.75) is 25.8 Å². The third-order valence-corrected chi connectivity index (χ3v) is 3.53. The Kier molecular flexibility index (Phi) is 6.86. The fraction of sp³-hybridized carbons (Fsp3) is 0.294. The molecule has 0 aromatic heterocycles. The lowest BCUT2D eigenvalue weighted by Gasteiger charge is -2.30. The lowest BCUT2D eigenvalue weighted by Crippen LogP contribution is -2.45. The lowest BCUT2D eigenvalue weighted by molar-refractivity contribution is -0.139. The SMILES string of the molecule is C=CCc1cccc(CC=C)c1N(C(=O)CCl)[C@@H](C)C(=O)O. The molecule has 0 spiro atoms. The van der Waals surface area contributed by atoms with Crippen molar-refractivity contribution in [2.24, 2.45) is 0 Å². The summed E-state index contributed by atoms with van der Waals surface area (Å²) in [4.78, 5) is 24.9. The first-order valence-corrected chi connectivity index (χ1v) is 7.44. The van der Waals surface area contributed by atoms with E-state index >= 15 is 0 Å². The summed E-state index contributed by atoms with van der Waals surface area (Å²) in [6.45, 7) is 8.89. The second-order valence-electron chi connectivity index (χ2n) is 4.82. The van der Waals surface area contributed by atoms with Gasteiger partial charge in [0.25, 0.3) is 0 Å². The van der Waals surface area contributed by atoms with Gasteiger partial charge in [0.1, 0.15) is 11.9 Å². The first kappa shape index (κ1) is 18.0. The number of halogens is 1. The van der Waals surface area contributed by atoms with Crippen LogP contribution in [0, 0.1) is 0 Å². The van der Waals surface area contributed by atoms with Crippen LogP contribution >= 0.6 is 11.6 Å². The quantitative estimate of drug-likeness (QED) is 0.591. The summed E-state index contributed by atoms with van der Waals surface area (Å²) in [7, 11) is 0. The standard InChI is InChI=1S/C17H20ClNO3/c1-4-7-13-9-6-10-14(8-5-2)16(13)19(15(20)11-18)12(3)17(21)22/h4-6,9-10,12H,1-2,7-8,11H2,3H3,(H,21,22)/t12-/m0/s1. The number of rotatable bonds is 8. The highest BCUT2D eigenvalue weighted by molar-refractivity contribution is 6.29. The molecule has 4 nitrogen and oxygen atoms in total. The number of alkyl halides is 1. The van der Waals surface area contributed by atoms with Crippen molar-refractivity contribution in [1.82, 2.24) is 0 Å². The average Bonchev–Trinajstić information content (AvgIpc) is 2.49. The van der Waals surface area contributed by atoms with Crippen LogP contribution < -0.4 is 4.90 Å². The maximum absolute atomic E-state index is 12.3. The fourth-order valence-corrected chi connectivity index (χ4v) is 2.43. The zero-order valence-corrected chi connectivity index (χ0v) is 13.3. The molecule has 0 aliphatic rings. The van der Waals surface area contributed by atoms with Gasteiger partial charge in [0.2, 0.25) is 5.91 Å². The van der Waals surface area contributed by atoms with Crippen LogP contribution in [-0.4, -0.2) is 28.9 Å². The summed E-state index contributed by atoms with van der Waals surface area (Å²) in [5, 5.41) is 9.32. The molecule has 0 saturated carbocycles. The van der Waals surface area contributed by atoms with E-state index in [1.54, 1.807) is 12.2 Å². The van der Waals surface area contributed by atoms with Crippen LogP contribution in [0.25, 0.3) is 0 Å². The molecule has 1 N–H and O–H groups in total. The van der Waals surface area contributed by atoms with E-state index in [1.165, 1.54) is 11.8 Å². The number of anilines is 1. The molecule has 22 heavy (non-hydrogen) atoms. The zero-order valence-electron chi connectivity index (χ0n) is 12.6. The average molecular weight is 322 g/mol. The molecule has 0 heterocycles. The number of nitrogens with zero attached hydrogens (tertiary/aromatic N) is 1.